The van der Waals surface area contributed by atoms with Crippen LogP contribution >= 0.6 is 11.6 Å². The highest BCUT2D eigenvalue weighted by Crippen LogP contribution is 2.32. The Hall–Kier alpha value is -1.90. The van der Waals surface area contributed by atoms with Crippen molar-refractivity contribution >= 4 is 38.5 Å². The molecule has 1 amide bonds. The van der Waals surface area contributed by atoms with Crippen LogP contribution in [0.25, 0.3) is 10.8 Å². The standard InChI is InChI=1S/C18H22ClN3O4S/c1-18(2,3)26-17(23)21-13-7-8-22(11-13)27(24,25)15-6-4-5-12-9-20-10-14(19)16(12)15/h4-6,9-10,13H,7-8,11H2,1-3H3,(H,21,23). The van der Waals surface area contributed by atoms with E-state index in [1.54, 1.807) is 39.1 Å². The van der Waals surface area contributed by atoms with Crippen molar-refractivity contribution in [3.8, 4) is 0 Å². The molecule has 1 atom stereocenters. The number of fused-ring (bicyclic) bond motifs is 1. The van der Waals surface area contributed by atoms with Gasteiger partial charge < -0.3 is 10.1 Å². The number of alkyl carbamates (subject to hydrolysis) is 1. The zero-order valence-electron chi connectivity index (χ0n) is 15.4. The number of hydrogen-bond acceptors (Lipinski definition) is 5. The Morgan fingerprint density at radius 2 is 2.07 bits per heavy atom. The fraction of sp³-hybridized carbons (Fsp3) is 0.444. The van der Waals surface area contributed by atoms with Crippen LogP contribution in [-0.2, 0) is 14.8 Å². The summed E-state index contributed by atoms with van der Waals surface area (Å²) in [7, 11) is -3.76. The van der Waals surface area contributed by atoms with E-state index in [0.717, 1.165) is 0 Å². The Bertz CT molecular complexity index is 967. The summed E-state index contributed by atoms with van der Waals surface area (Å²) < 4.78 is 32.9. The molecule has 1 aliphatic heterocycles. The Morgan fingerprint density at radius 3 is 2.78 bits per heavy atom. The van der Waals surface area contributed by atoms with Crippen molar-refractivity contribution in [1.29, 1.82) is 0 Å². The predicted molar refractivity (Wildman–Crippen MR) is 103 cm³/mol. The van der Waals surface area contributed by atoms with Crippen molar-refractivity contribution < 1.29 is 17.9 Å². The Kier molecular flexibility index (Phi) is 5.33. The number of ether oxygens (including phenoxy) is 1. The minimum absolute atomic E-state index is 0.144. The van der Waals surface area contributed by atoms with Gasteiger partial charge in [-0.25, -0.2) is 13.2 Å². The summed E-state index contributed by atoms with van der Waals surface area (Å²) in [6, 6.07) is 4.67. The number of rotatable bonds is 3. The number of hydrogen-bond donors (Lipinski definition) is 1. The molecule has 0 saturated carbocycles. The maximum Gasteiger partial charge on any atom is 0.407 e. The third-order valence-electron chi connectivity index (χ3n) is 4.19. The summed E-state index contributed by atoms with van der Waals surface area (Å²) >= 11 is 6.21. The van der Waals surface area contributed by atoms with Gasteiger partial charge in [0.2, 0.25) is 10.0 Å². The molecule has 1 N–H and O–H groups in total. The van der Waals surface area contributed by atoms with Crippen LogP contribution < -0.4 is 5.32 Å². The van der Waals surface area contributed by atoms with Crippen LogP contribution in [0.2, 0.25) is 5.02 Å². The van der Waals surface area contributed by atoms with E-state index in [9.17, 15) is 13.2 Å². The van der Waals surface area contributed by atoms with E-state index >= 15 is 0 Å². The van der Waals surface area contributed by atoms with Gasteiger partial charge in [0.15, 0.2) is 0 Å². The van der Waals surface area contributed by atoms with E-state index in [0.29, 0.717) is 23.7 Å². The van der Waals surface area contributed by atoms with Gasteiger partial charge in [0.05, 0.1) is 9.92 Å². The first-order valence-corrected chi connectivity index (χ1v) is 10.4. The summed E-state index contributed by atoms with van der Waals surface area (Å²) in [5.74, 6) is 0. The highest BCUT2D eigenvalue weighted by atomic mass is 35.5. The molecule has 146 valence electrons. The summed E-state index contributed by atoms with van der Waals surface area (Å²) in [6.07, 6.45) is 2.97. The average Bonchev–Trinajstić information content (AvgIpc) is 3.02. The van der Waals surface area contributed by atoms with Gasteiger partial charge in [-0.15, -0.1) is 0 Å². The number of halogens is 1. The topological polar surface area (TPSA) is 88.6 Å². The average molecular weight is 412 g/mol. The number of amides is 1. The van der Waals surface area contributed by atoms with Gasteiger partial charge in [-0.2, -0.15) is 4.31 Å². The van der Waals surface area contributed by atoms with E-state index in [2.05, 4.69) is 10.3 Å². The van der Waals surface area contributed by atoms with Crippen LogP contribution in [0, 0.1) is 0 Å². The zero-order chi connectivity index (χ0) is 19.8. The van der Waals surface area contributed by atoms with Gasteiger partial charge >= 0.3 is 6.09 Å². The molecule has 0 aliphatic carbocycles. The quantitative estimate of drug-likeness (QED) is 0.837. The van der Waals surface area contributed by atoms with Crippen molar-refractivity contribution in [2.24, 2.45) is 0 Å². The summed E-state index contributed by atoms with van der Waals surface area (Å²) in [5.41, 5.74) is -0.609. The number of carbonyl (C=O) groups excluding carboxylic acids is 1. The van der Waals surface area contributed by atoms with Gasteiger partial charge in [-0.05, 0) is 33.3 Å². The number of nitrogens with one attached hydrogen (secondary N) is 1. The molecule has 1 aromatic carbocycles. The largest absolute Gasteiger partial charge is 0.444 e. The fourth-order valence-electron chi connectivity index (χ4n) is 3.05. The summed E-state index contributed by atoms with van der Waals surface area (Å²) in [5, 5.41) is 4.14. The van der Waals surface area contributed by atoms with Crippen molar-refractivity contribution in [1.82, 2.24) is 14.6 Å². The number of pyridine rings is 1. The lowest BCUT2D eigenvalue weighted by Gasteiger charge is -2.22. The monoisotopic (exact) mass is 411 g/mol. The molecule has 7 nitrogen and oxygen atoms in total. The molecule has 1 unspecified atom stereocenters. The van der Waals surface area contributed by atoms with E-state index in [-0.39, 0.29) is 22.5 Å². The molecule has 27 heavy (non-hydrogen) atoms. The smallest absolute Gasteiger partial charge is 0.407 e. The lowest BCUT2D eigenvalue weighted by molar-refractivity contribution is 0.0507. The molecular formula is C18H22ClN3O4S. The molecule has 1 aliphatic rings. The molecule has 2 aromatic rings. The maximum absolute atomic E-state index is 13.2. The lowest BCUT2D eigenvalue weighted by Crippen LogP contribution is -2.41. The normalized spacial score (nSPS) is 18.6. The lowest BCUT2D eigenvalue weighted by atomic mass is 10.2. The van der Waals surface area contributed by atoms with Crippen molar-refractivity contribution in [2.45, 2.75) is 43.7 Å². The molecular weight excluding hydrogens is 390 g/mol. The second-order valence-electron chi connectivity index (χ2n) is 7.47. The van der Waals surface area contributed by atoms with Crippen molar-refractivity contribution in [2.75, 3.05) is 13.1 Å². The molecule has 0 spiro atoms. The number of nitrogens with zero attached hydrogens (tertiary/aromatic N) is 2. The van der Waals surface area contributed by atoms with Gasteiger partial charge in [0, 0.05) is 42.3 Å². The summed E-state index contributed by atoms with van der Waals surface area (Å²) in [4.78, 5) is 16.1. The van der Waals surface area contributed by atoms with Crippen LogP contribution in [0.1, 0.15) is 27.2 Å². The Morgan fingerprint density at radius 1 is 1.33 bits per heavy atom. The molecule has 2 heterocycles. The van der Waals surface area contributed by atoms with E-state index in [4.69, 9.17) is 16.3 Å². The first kappa shape index (κ1) is 19.9. The third-order valence-corrected chi connectivity index (χ3v) is 6.38. The van der Waals surface area contributed by atoms with Crippen molar-refractivity contribution in [3.05, 3.63) is 35.6 Å². The Labute approximate surface area is 163 Å². The number of benzene rings is 1. The van der Waals surface area contributed by atoms with Crippen LogP contribution in [0.5, 0.6) is 0 Å². The van der Waals surface area contributed by atoms with Gasteiger partial charge in [0.25, 0.3) is 0 Å². The molecule has 0 bridgehead atoms. The zero-order valence-corrected chi connectivity index (χ0v) is 17.0. The number of sulfonamides is 1. The van der Waals surface area contributed by atoms with Gasteiger partial charge in [-0.3, -0.25) is 4.98 Å². The number of carbonyl (C=O) groups is 1. The van der Waals surface area contributed by atoms with Crippen LogP contribution in [0.4, 0.5) is 4.79 Å². The van der Waals surface area contributed by atoms with Crippen molar-refractivity contribution in [3.63, 3.8) is 0 Å². The molecule has 9 heteroatoms. The molecule has 1 saturated heterocycles. The molecule has 0 radical (unpaired) electrons. The highest BCUT2D eigenvalue weighted by molar-refractivity contribution is 7.89. The van der Waals surface area contributed by atoms with E-state index in [1.807, 2.05) is 0 Å². The van der Waals surface area contributed by atoms with Gasteiger partial charge in [-0.1, -0.05) is 23.7 Å². The van der Waals surface area contributed by atoms with E-state index in [1.165, 1.54) is 16.6 Å². The maximum atomic E-state index is 13.2. The van der Waals surface area contributed by atoms with Gasteiger partial charge in [0.1, 0.15) is 5.60 Å². The first-order chi connectivity index (χ1) is 12.6. The minimum Gasteiger partial charge on any atom is -0.444 e. The van der Waals surface area contributed by atoms with E-state index < -0.39 is 21.7 Å². The molecule has 3 rings (SSSR count). The SMILES string of the molecule is CC(C)(C)OC(=O)NC1CCN(S(=O)(=O)c2cccc3cncc(Cl)c23)C1. The first-order valence-electron chi connectivity index (χ1n) is 8.60. The second-order valence-corrected chi connectivity index (χ2v) is 9.78. The van der Waals surface area contributed by atoms with Crippen LogP contribution in [-0.4, -0.2) is 48.5 Å². The molecule has 1 fully saturated rings. The predicted octanol–water partition coefficient (Wildman–Crippen LogP) is 3.18. The number of aromatic nitrogens is 1. The fourth-order valence-corrected chi connectivity index (χ4v) is 5.11. The second kappa shape index (κ2) is 7.26. The Balaban J connectivity index is 1.81. The van der Waals surface area contributed by atoms with Crippen LogP contribution in [0.3, 0.4) is 0 Å². The highest BCUT2D eigenvalue weighted by Gasteiger charge is 2.35. The van der Waals surface area contributed by atoms with Crippen LogP contribution in [0.15, 0.2) is 35.5 Å². The minimum atomic E-state index is -3.76. The summed E-state index contributed by atoms with van der Waals surface area (Å²) in [6.45, 7) is 5.81. The molecule has 1 aromatic heterocycles. The third kappa shape index (κ3) is 4.34.